The van der Waals surface area contributed by atoms with Gasteiger partial charge in [-0.25, -0.2) is 8.78 Å². The van der Waals surface area contributed by atoms with Crippen molar-refractivity contribution in [3.63, 3.8) is 0 Å². The van der Waals surface area contributed by atoms with Gasteiger partial charge in [0, 0.05) is 26.1 Å². The fourth-order valence-corrected chi connectivity index (χ4v) is 2.91. The van der Waals surface area contributed by atoms with E-state index in [1.807, 2.05) is 0 Å². The van der Waals surface area contributed by atoms with Crippen molar-refractivity contribution in [2.75, 3.05) is 18.5 Å². The van der Waals surface area contributed by atoms with Gasteiger partial charge in [0.1, 0.15) is 18.2 Å². The summed E-state index contributed by atoms with van der Waals surface area (Å²) in [5.74, 6) is -1.75. The number of carbonyl (C=O) groups is 2. The first kappa shape index (κ1) is 17.8. The van der Waals surface area contributed by atoms with Gasteiger partial charge in [-0.1, -0.05) is 12.1 Å². The van der Waals surface area contributed by atoms with Crippen LogP contribution in [0, 0.1) is 17.6 Å². The number of rotatable bonds is 5. The van der Waals surface area contributed by atoms with Crippen LogP contribution in [0.15, 0.2) is 42.5 Å². The van der Waals surface area contributed by atoms with E-state index in [2.05, 4.69) is 5.32 Å². The van der Waals surface area contributed by atoms with E-state index in [1.54, 1.807) is 12.1 Å². The zero-order valence-electron chi connectivity index (χ0n) is 14.2. The molecule has 1 aliphatic rings. The molecule has 1 fully saturated rings. The Morgan fingerprint density at radius 1 is 1.27 bits per heavy atom. The maximum absolute atomic E-state index is 14.4. The Balaban J connectivity index is 1.69. The van der Waals surface area contributed by atoms with Crippen LogP contribution in [-0.4, -0.2) is 25.4 Å². The largest absolute Gasteiger partial charge is 0.489 e. The Labute approximate surface area is 149 Å². The van der Waals surface area contributed by atoms with Gasteiger partial charge >= 0.3 is 0 Å². The van der Waals surface area contributed by atoms with Crippen molar-refractivity contribution in [3.05, 3.63) is 59.7 Å². The van der Waals surface area contributed by atoms with Crippen LogP contribution in [0.5, 0.6) is 5.75 Å². The Kier molecular flexibility index (Phi) is 5.16. The number of anilines is 1. The minimum Gasteiger partial charge on any atom is -0.489 e. The Morgan fingerprint density at radius 3 is 2.77 bits per heavy atom. The second-order valence-corrected chi connectivity index (χ2v) is 6.05. The van der Waals surface area contributed by atoms with Gasteiger partial charge in [-0.15, -0.1) is 0 Å². The highest BCUT2D eigenvalue weighted by atomic mass is 19.1. The highest BCUT2D eigenvalue weighted by molar-refractivity contribution is 6.00. The molecular weight excluding hydrogens is 342 g/mol. The third-order valence-corrected chi connectivity index (χ3v) is 4.25. The molecule has 0 bridgehead atoms. The molecule has 2 aromatic rings. The molecule has 1 saturated heterocycles. The summed E-state index contributed by atoms with van der Waals surface area (Å²) >= 11 is 0. The molecule has 2 aromatic carbocycles. The van der Waals surface area contributed by atoms with E-state index in [-0.39, 0.29) is 48.6 Å². The van der Waals surface area contributed by atoms with Gasteiger partial charge in [-0.3, -0.25) is 9.59 Å². The monoisotopic (exact) mass is 360 g/mol. The average molecular weight is 360 g/mol. The Bertz CT molecular complexity index is 841. The minimum absolute atomic E-state index is 0.0525. The topological polar surface area (TPSA) is 58.6 Å². The second kappa shape index (κ2) is 7.51. The molecule has 1 N–H and O–H groups in total. The number of amides is 2. The van der Waals surface area contributed by atoms with Crippen LogP contribution in [0.4, 0.5) is 14.5 Å². The SMILES string of the molecule is CNC(=O)[C@H]1CC(=O)N(c2ccc(OCc3cccc(F)c3)cc2F)C1. The number of halogens is 2. The number of ether oxygens (including phenoxy) is 1. The molecule has 0 unspecified atom stereocenters. The summed E-state index contributed by atoms with van der Waals surface area (Å²) < 4.78 is 33.1. The summed E-state index contributed by atoms with van der Waals surface area (Å²) in [6.45, 7) is 0.233. The van der Waals surface area contributed by atoms with E-state index < -0.39 is 11.7 Å². The lowest BCUT2D eigenvalue weighted by molar-refractivity contribution is -0.125. The van der Waals surface area contributed by atoms with Crippen LogP contribution >= 0.6 is 0 Å². The molecule has 1 heterocycles. The summed E-state index contributed by atoms with van der Waals surface area (Å²) in [5.41, 5.74) is 0.733. The van der Waals surface area contributed by atoms with Crippen molar-refractivity contribution in [2.45, 2.75) is 13.0 Å². The Hall–Kier alpha value is -2.96. The summed E-state index contributed by atoms with van der Waals surface area (Å²) in [6, 6.07) is 10.1. The maximum atomic E-state index is 14.4. The van der Waals surface area contributed by atoms with Crippen molar-refractivity contribution in [3.8, 4) is 5.75 Å². The molecule has 1 aliphatic heterocycles. The molecule has 7 heteroatoms. The number of benzene rings is 2. The molecule has 1 atom stereocenters. The third kappa shape index (κ3) is 3.82. The second-order valence-electron chi connectivity index (χ2n) is 6.05. The quantitative estimate of drug-likeness (QED) is 0.892. The van der Waals surface area contributed by atoms with Gasteiger partial charge in [0.25, 0.3) is 0 Å². The maximum Gasteiger partial charge on any atom is 0.227 e. The molecular formula is C19H18F2N2O3. The molecule has 0 aromatic heterocycles. The number of nitrogens with zero attached hydrogens (tertiary/aromatic N) is 1. The third-order valence-electron chi connectivity index (χ3n) is 4.25. The van der Waals surface area contributed by atoms with Crippen molar-refractivity contribution in [2.24, 2.45) is 5.92 Å². The average Bonchev–Trinajstić information content (AvgIpc) is 3.01. The van der Waals surface area contributed by atoms with Gasteiger partial charge in [0.15, 0.2) is 5.82 Å². The van der Waals surface area contributed by atoms with Crippen LogP contribution in [0.1, 0.15) is 12.0 Å². The van der Waals surface area contributed by atoms with Crippen LogP contribution < -0.4 is 15.0 Å². The van der Waals surface area contributed by atoms with E-state index in [4.69, 9.17) is 4.74 Å². The molecule has 5 nitrogen and oxygen atoms in total. The Morgan fingerprint density at radius 2 is 2.08 bits per heavy atom. The highest BCUT2D eigenvalue weighted by Crippen LogP contribution is 2.30. The lowest BCUT2D eigenvalue weighted by atomic mass is 10.1. The van der Waals surface area contributed by atoms with Crippen LogP contribution in [0.3, 0.4) is 0 Å². The van der Waals surface area contributed by atoms with Crippen LogP contribution in [0.2, 0.25) is 0 Å². The predicted molar refractivity (Wildman–Crippen MR) is 91.7 cm³/mol. The number of nitrogens with one attached hydrogen (secondary N) is 1. The van der Waals surface area contributed by atoms with Crippen LogP contribution in [0.25, 0.3) is 0 Å². The normalized spacial score (nSPS) is 16.7. The lowest BCUT2D eigenvalue weighted by Crippen LogP contribution is -2.30. The van der Waals surface area contributed by atoms with Crippen molar-refractivity contribution < 1.29 is 23.1 Å². The predicted octanol–water partition coefficient (Wildman–Crippen LogP) is 2.64. The lowest BCUT2D eigenvalue weighted by Gasteiger charge is -2.18. The smallest absolute Gasteiger partial charge is 0.227 e. The van der Waals surface area contributed by atoms with Gasteiger partial charge in [0.2, 0.25) is 11.8 Å². The van der Waals surface area contributed by atoms with Gasteiger partial charge in [-0.05, 0) is 29.8 Å². The van der Waals surface area contributed by atoms with Crippen molar-refractivity contribution >= 4 is 17.5 Å². The summed E-state index contributed by atoms with van der Waals surface area (Å²) in [6.07, 6.45) is 0.0525. The molecule has 136 valence electrons. The van der Waals surface area contributed by atoms with E-state index in [1.165, 1.54) is 42.3 Å². The first-order chi connectivity index (χ1) is 12.5. The van der Waals surface area contributed by atoms with Gasteiger partial charge in [-0.2, -0.15) is 0 Å². The summed E-state index contributed by atoms with van der Waals surface area (Å²) in [7, 11) is 1.50. The summed E-state index contributed by atoms with van der Waals surface area (Å²) in [4.78, 5) is 25.1. The van der Waals surface area contributed by atoms with E-state index in [0.717, 1.165) is 0 Å². The number of hydrogen-bond donors (Lipinski definition) is 1. The summed E-state index contributed by atoms with van der Waals surface area (Å²) in [5, 5.41) is 2.50. The zero-order chi connectivity index (χ0) is 18.7. The molecule has 2 amide bonds. The molecule has 0 saturated carbocycles. The molecule has 0 spiro atoms. The van der Waals surface area contributed by atoms with Gasteiger partial charge in [0.05, 0.1) is 11.6 Å². The van der Waals surface area contributed by atoms with Gasteiger partial charge < -0.3 is 15.0 Å². The van der Waals surface area contributed by atoms with Crippen LogP contribution in [-0.2, 0) is 16.2 Å². The van der Waals surface area contributed by atoms with E-state index >= 15 is 0 Å². The number of hydrogen-bond acceptors (Lipinski definition) is 3. The highest BCUT2D eigenvalue weighted by Gasteiger charge is 2.35. The molecule has 3 rings (SSSR count). The zero-order valence-corrected chi connectivity index (χ0v) is 14.2. The van der Waals surface area contributed by atoms with E-state index in [0.29, 0.717) is 5.56 Å². The molecule has 0 radical (unpaired) electrons. The number of carbonyl (C=O) groups excluding carboxylic acids is 2. The van der Waals surface area contributed by atoms with Crippen molar-refractivity contribution in [1.82, 2.24) is 5.32 Å². The minimum atomic E-state index is -0.618. The first-order valence-electron chi connectivity index (χ1n) is 8.16. The van der Waals surface area contributed by atoms with E-state index in [9.17, 15) is 18.4 Å². The standard InChI is InChI=1S/C19H18F2N2O3/c1-22-19(25)13-8-18(24)23(10-13)17-6-5-15(9-16(17)21)26-11-12-3-2-4-14(20)7-12/h2-7,9,13H,8,10-11H2,1H3,(H,22,25)/t13-/m0/s1. The molecule has 26 heavy (non-hydrogen) atoms. The first-order valence-corrected chi connectivity index (χ1v) is 8.16. The van der Waals surface area contributed by atoms with Crippen molar-refractivity contribution in [1.29, 1.82) is 0 Å². The fourth-order valence-electron chi connectivity index (χ4n) is 2.91. The fraction of sp³-hybridized carbons (Fsp3) is 0.263. The molecule has 0 aliphatic carbocycles.